The molecule has 1 aliphatic carbocycles. The number of terminal acetylenes is 1. The van der Waals surface area contributed by atoms with Crippen LogP contribution < -0.4 is 10.1 Å². The molecule has 0 radical (unpaired) electrons. The van der Waals surface area contributed by atoms with Crippen LogP contribution in [0.5, 0.6) is 5.75 Å². The predicted octanol–water partition coefficient (Wildman–Crippen LogP) is 3.95. The summed E-state index contributed by atoms with van der Waals surface area (Å²) in [6.45, 7) is 0.541. The highest BCUT2D eigenvalue weighted by Crippen LogP contribution is 2.46. The molecule has 1 fully saturated rings. The van der Waals surface area contributed by atoms with Crippen molar-refractivity contribution in [3.8, 4) is 18.1 Å². The van der Waals surface area contributed by atoms with E-state index in [0.29, 0.717) is 42.4 Å². The van der Waals surface area contributed by atoms with Crippen LogP contribution in [0.25, 0.3) is 0 Å². The van der Waals surface area contributed by atoms with Crippen molar-refractivity contribution < 1.29 is 13.5 Å². The number of halogens is 3. The summed E-state index contributed by atoms with van der Waals surface area (Å²) >= 11 is 6.33. The molecule has 0 bridgehead atoms. The molecular weight excluding hydrogens is 428 g/mol. The number of methoxy groups -OCH3 is 1. The molecule has 1 aromatic heterocycles. The Kier molecular flexibility index (Phi) is 5.90. The topological polar surface area (TPSA) is 89.6 Å². The molecule has 0 amide bonds. The first-order valence-electron chi connectivity index (χ1n) is 9.96. The van der Waals surface area contributed by atoms with E-state index in [1.165, 1.54) is 11.8 Å². The molecule has 1 N–H and O–H groups in total. The van der Waals surface area contributed by atoms with Crippen LogP contribution in [0.1, 0.15) is 55.6 Å². The summed E-state index contributed by atoms with van der Waals surface area (Å²) in [5.74, 6) is 0.909. The Balaban J connectivity index is 1.55. The molecule has 1 aliphatic heterocycles. The van der Waals surface area contributed by atoms with Crippen LogP contribution in [0.2, 0.25) is 5.02 Å². The van der Waals surface area contributed by atoms with Gasteiger partial charge in [0.1, 0.15) is 5.75 Å². The van der Waals surface area contributed by atoms with Crippen LogP contribution in [-0.4, -0.2) is 45.4 Å². The first-order valence-corrected chi connectivity index (χ1v) is 10.3. The van der Waals surface area contributed by atoms with E-state index in [9.17, 15) is 8.78 Å². The summed E-state index contributed by atoms with van der Waals surface area (Å²) in [5.41, 5.74) is 0.346. The molecule has 1 atom stereocenters. The molecule has 1 unspecified atom stereocenters. The minimum Gasteiger partial charge on any atom is -0.495 e. The Hall–Kier alpha value is -2.64. The van der Waals surface area contributed by atoms with E-state index in [-0.39, 0.29) is 12.8 Å². The molecule has 2 aliphatic rings. The highest BCUT2D eigenvalue weighted by Gasteiger charge is 2.48. The fourth-order valence-electron chi connectivity index (χ4n) is 3.76. The lowest BCUT2D eigenvalue weighted by Crippen LogP contribution is -2.39. The first-order chi connectivity index (χ1) is 14.9. The Bertz CT molecular complexity index is 1010. The molecule has 0 spiro atoms. The number of benzene rings is 1. The molecule has 8 nitrogen and oxygen atoms in total. The zero-order valence-electron chi connectivity index (χ0n) is 16.9. The van der Waals surface area contributed by atoms with E-state index in [4.69, 9.17) is 22.8 Å². The fraction of sp³-hybridized carbons (Fsp3) is 0.550. The molecule has 2 aromatic rings. The van der Waals surface area contributed by atoms with E-state index >= 15 is 0 Å². The number of nitrogens with zero attached hydrogens (tertiary/aromatic N) is 6. The van der Waals surface area contributed by atoms with Gasteiger partial charge in [-0.15, -0.1) is 17.4 Å². The number of nitrogens with one attached hydrogen (secondary N) is 1. The van der Waals surface area contributed by atoms with Gasteiger partial charge in [0.05, 0.1) is 24.2 Å². The van der Waals surface area contributed by atoms with Gasteiger partial charge < -0.3 is 10.1 Å². The summed E-state index contributed by atoms with van der Waals surface area (Å²) in [6, 6.07) is 4.44. The van der Waals surface area contributed by atoms with Crippen LogP contribution in [0, 0.1) is 12.3 Å². The Labute approximate surface area is 183 Å². The van der Waals surface area contributed by atoms with Crippen molar-refractivity contribution in [1.29, 1.82) is 0 Å². The molecule has 11 heteroatoms. The van der Waals surface area contributed by atoms with Crippen LogP contribution in [0.3, 0.4) is 0 Å². The summed E-state index contributed by atoms with van der Waals surface area (Å²) in [5, 5.41) is 24.0. The van der Waals surface area contributed by atoms with Crippen molar-refractivity contribution in [2.45, 2.75) is 55.8 Å². The highest BCUT2D eigenvalue weighted by molar-refractivity contribution is 6.32. The van der Waals surface area contributed by atoms with Gasteiger partial charge in [0.15, 0.2) is 11.5 Å². The van der Waals surface area contributed by atoms with Gasteiger partial charge in [0, 0.05) is 38.6 Å². The normalized spacial score (nSPS) is 19.5. The minimum absolute atomic E-state index is 0.284. The second-order valence-corrected chi connectivity index (χ2v) is 8.22. The number of ether oxygens (including phenoxy) is 1. The lowest BCUT2D eigenvalue weighted by Gasteiger charge is -2.35. The maximum absolute atomic E-state index is 13.5. The van der Waals surface area contributed by atoms with Gasteiger partial charge in [-0.2, -0.15) is 10.2 Å². The number of aromatic nitrogens is 4. The first kappa shape index (κ1) is 21.6. The number of rotatable bonds is 10. The predicted molar refractivity (Wildman–Crippen MR) is 109 cm³/mol. The molecule has 1 saturated carbocycles. The summed E-state index contributed by atoms with van der Waals surface area (Å²) in [4.78, 5) is 0. The van der Waals surface area contributed by atoms with Gasteiger partial charge in [-0.1, -0.05) is 17.7 Å². The Morgan fingerprint density at radius 2 is 2.13 bits per heavy atom. The van der Waals surface area contributed by atoms with Gasteiger partial charge in [-0.3, -0.25) is 0 Å². The Morgan fingerprint density at radius 3 is 2.74 bits per heavy atom. The van der Waals surface area contributed by atoms with Gasteiger partial charge in [0.2, 0.25) is 0 Å². The van der Waals surface area contributed by atoms with E-state index in [0.717, 1.165) is 5.56 Å². The largest absolute Gasteiger partial charge is 0.495 e. The summed E-state index contributed by atoms with van der Waals surface area (Å²) in [6.07, 6.45) is 6.72. The SMILES string of the molecule is C#CCCC1(CCNC(c2ccc(OC)c(Cl)c2)c2nnnn2C2CC(F)(F)C2)N=N1. The maximum Gasteiger partial charge on any atom is 0.252 e. The van der Waals surface area contributed by atoms with Crippen LogP contribution in [0.4, 0.5) is 8.78 Å². The lowest BCUT2D eigenvalue weighted by molar-refractivity contribution is -0.108. The zero-order chi connectivity index (χ0) is 22.1. The van der Waals surface area contributed by atoms with E-state index in [1.807, 2.05) is 6.07 Å². The zero-order valence-corrected chi connectivity index (χ0v) is 17.7. The van der Waals surface area contributed by atoms with Crippen LogP contribution >= 0.6 is 11.6 Å². The standard InChI is InChI=1S/C20H22ClF2N7O/c1-3-4-7-20(26-27-20)8-9-24-17(13-5-6-16(31-2)15(21)10-13)18-25-28-29-30(18)14-11-19(22,23)12-14/h1,5-6,10,14,17,24H,4,7-9,11-12H2,2H3. The molecule has 2 heterocycles. The van der Waals surface area contributed by atoms with E-state index in [1.54, 1.807) is 12.1 Å². The summed E-state index contributed by atoms with van der Waals surface area (Å²) in [7, 11) is 1.53. The maximum atomic E-state index is 13.5. The van der Waals surface area contributed by atoms with Gasteiger partial charge in [0.25, 0.3) is 5.92 Å². The van der Waals surface area contributed by atoms with Crippen molar-refractivity contribution in [2.75, 3.05) is 13.7 Å². The van der Waals surface area contributed by atoms with Gasteiger partial charge in [-0.05, 0) is 28.1 Å². The van der Waals surface area contributed by atoms with Crippen molar-refractivity contribution in [2.24, 2.45) is 10.2 Å². The minimum atomic E-state index is -2.68. The smallest absolute Gasteiger partial charge is 0.252 e. The van der Waals surface area contributed by atoms with Crippen LogP contribution in [0.15, 0.2) is 28.4 Å². The number of tetrazole rings is 1. The average Bonchev–Trinajstić information content (AvgIpc) is 3.33. The van der Waals surface area contributed by atoms with Gasteiger partial charge >= 0.3 is 0 Å². The molecule has 164 valence electrons. The van der Waals surface area contributed by atoms with E-state index < -0.39 is 23.7 Å². The quantitative estimate of drug-likeness (QED) is 0.555. The van der Waals surface area contributed by atoms with Crippen molar-refractivity contribution in [3.05, 3.63) is 34.6 Å². The van der Waals surface area contributed by atoms with Gasteiger partial charge in [-0.25, -0.2) is 13.5 Å². The second kappa shape index (κ2) is 8.48. The average molecular weight is 450 g/mol. The third-order valence-electron chi connectivity index (χ3n) is 5.63. The molecule has 31 heavy (non-hydrogen) atoms. The number of alkyl halides is 2. The molecule has 4 rings (SSSR count). The molecule has 1 aromatic carbocycles. The second-order valence-electron chi connectivity index (χ2n) is 7.82. The fourth-order valence-corrected chi connectivity index (χ4v) is 4.02. The third kappa shape index (κ3) is 4.67. The van der Waals surface area contributed by atoms with Crippen molar-refractivity contribution in [1.82, 2.24) is 25.5 Å². The molecular formula is C20H22ClF2N7O. The van der Waals surface area contributed by atoms with Crippen LogP contribution in [-0.2, 0) is 0 Å². The molecule has 0 saturated heterocycles. The monoisotopic (exact) mass is 449 g/mol. The number of hydrogen-bond donors (Lipinski definition) is 1. The van der Waals surface area contributed by atoms with E-state index in [2.05, 4.69) is 37.0 Å². The van der Waals surface area contributed by atoms with Crippen molar-refractivity contribution in [3.63, 3.8) is 0 Å². The summed E-state index contributed by atoms with van der Waals surface area (Å²) < 4.78 is 33.6. The lowest BCUT2D eigenvalue weighted by atomic mass is 9.88. The Morgan fingerprint density at radius 1 is 1.35 bits per heavy atom. The number of hydrogen-bond acceptors (Lipinski definition) is 7. The third-order valence-corrected chi connectivity index (χ3v) is 5.92. The highest BCUT2D eigenvalue weighted by atomic mass is 35.5. The van der Waals surface area contributed by atoms with Crippen molar-refractivity contribution >= 4 is 11.6 Å².